The van der Waals surface area contributed by atoms with E-state index in [1.54, 1.807) is 44.7 Å². The van der Waals surface area contributed by atoms with Gasteiger partial charge < -0.3 is 9.88 Å². The first kappa shape index (κ1) is 20.0. The zero-order chi connectivity index (χ0) is 21.1. The van der Waals surface area contributed by atoms with Crippen LogP contribution in [0.1, 0.15) is 29.8 Å². The second kappa shape index (κ2) is 8.07. The molecule has 3 aromatic rings. The summed E-state index contributed by atoms with van der Waals surface area (Å²) < 4.78 is 0. The SMILES string of the molecule is CC(C)C(=O)c1c[nH]c2ncc(-c3ccc(C=C(C#N)C(=O)N(C)C)cc3)nc12. The van der Waals surface area contributed by atoms with Crippen LogP contribution in [0.4, 0.5) is 0 Å². The Morgan fingerprint density at radius 3 is 2.48 bits per heavy atom. The number of Topliss-reactive ketones (excluding diaryl/α,β-unsaturated/α-hetero) is 1. The molecule has 1 amide bonds. The van der Waals surface area contributed by atoms with E-state index in [-0.39, 0.29) is 23.2 Å². The number of benzene rings is 1. The molecule has 0 spiro atoms. The smallest absolute Gasteiger partial charge is 0.264 e. The second-order valence-corrected chi connectivity index (χ2v) is 7.17. The van der Waals surface area contributed by atoms with Gasteiger partial charge in [0.2, 0.25) is 0 Å². The van der Waals surface area contributed by atoms with E-state index in [9.17, 15) is 14.9 Å². The van der Waals surface area contributed by atoms with E-state index in [1.165, 1.54) is 4.90 Å². The van der Waals surface area contributed by atoms with Crippen molar-refractivity contribution in [1.29, 1.82) is 5.26 Å². The summed E-state index contributed by atoms with van der Waals surface area (Å²) in [6, 6.07) is 9.22. The molecule has 7 heteroatoms. The van der Waals surface area contributed by atoms with Crippen LogP contribution in [0.5, 0.6) is 0 Å². The van der Waals surface area contributed by atoms with Gasteiger partial charge in [-0.3, -0.25) is 9.59 Å². The summed E-state index contributed by atoms with van der Waals surface area (Å²) >= 11 is 0. The molecule has 0 radical (unpaired) electrons. The van der Waals surface area contributed by atoms with Gasteiger partial charge in [0.1, 0.15) is 17.2 Å². The van der Waals surface area contributed by atoms with Crippen LogP contribution in [0.3, 0.4) is 0 Å². The van der Waals surface area contributed by atoms with Crippen LogP contribution < -0.4 is 0 Å². The Morgan fingerprint density at radius 2 is 1.90 bits per heavy atom. The van der Waals surface area contributed by atoms with Gasteiger partial charge in [-0.2, -0.15) is 5.26 Å². The van der Waals surface area contributed by atoms with Crippen LogP contribution >= 0.6 is 0 Å². The largest absolute Gasteiger partial charge is 0.344 e. The van der Waals surface area contributed by atoms with Crippen molar-refractivity contribution in [1.82, 2.24) is 19.9 Å². The summed E-state index contributed by atoms with van der Waals surface area (Å²) in [4.78, 5) is 37.7. The average molecular weight is 387 g/mol. The summed E-state index contributed by atoms with van der Waals surface area (Å²) in [6.07, 6.45) is 4.84. The maximum atomic E-state index is 12.4. The maximum Gasteiger partial charge on any atom is 0.264 e. The van der Waals surface area contributed by atoms with E-state index in [2.05, 4.69) is 15.0 Å². The highest BCUT2D eigenvalue weighted by atomic mass is 16.2. The fourth-order valence-electron chi connectivity index (χ4n) is 2.83. The minimum absolute atomic E-state index is 0.0118. The molecule has 3 rings (SSSR count). The zero-order valence-electron chi connectivity index (χ0n) is 16.7. The van der Waals surface area contributed by atoms with Crippen LogP contribution in [0.25, 0.3) is 28.5 Å². The van der Waals surface area contributed by atoms with Crippen molar-refractivity contribution in [3.63, 3.8) is 0 Å². The number of aromatic amines is 1. The van der Waals surface area contributed by atoms with Gasteiger partial charge in [-0.05, 0) is 11.6 Å². The summed E-state index contributed by atoms with van der Waals surface area (Å²) in [6.45, 7) is 3.70. The molecule has 1 N–H and O–H groups in total. The first-order chi connectivity index (χ1) is 13.8. The number of aromatic nitrogens is 3. The van der Waals surface area contributed by atoms with Crippen LogP contribution in [0.2, 0.25) is 0 Å². The Balaban J connectivity index is 1.95. The van der Waals surface area contributed by atoms with Crippen molar-refractivity contribution in [2.45, 2.75) is 13.8 Å². The number of fused-ring (bicyclic) bond motifs is 1. The molecule has 0 unspecified atom stereocenters. The molecule has 146 valence electrons. The van der Waals surface area contributed by atoms with Gasteiger partial charge >= 0.3 is 0 Å². The number of nitrogens with one attached hydrogen (secondary N) is 1. The minimum Gasteiger partial charge on any atom is -0.344 e. The van der Waals surface area contributed by atoms with Gasteiger partial charge in [0.25, 0.3) is 5.91 Å². The third kappa shape index (κ3) is 4.06. The highest BCUT2D eigenvalue weighted by molar-refractivity contribution is 6.06. The Bertz CT molecular complexity index is 1150. The van der Waals surface area contributed by atoms with Crippen molar-refractivity contribution < 1.29 is 9.59 Å². The van der Waals surface area contributed by atoms with E-state index in [0.717, 1.165) is 11.1 Å². The number of H-pyrrole nitrogens is 1. The molecule has 1 aromatic carbocycles. The van der Waals surface area contributed by atoms with Gasteiger partial charge in [0, 0.05) is 31.8 Å². The molecule has 0 bridgehead atoms. The normalized spacial score (nSPS) is 11.5. The average Bonchev–Trinajstić information content (AvgIpc) is 3.14. The highest BCUT2D eigenvalue weighted by Crippen LogP contribution is 2.23. The lowest BCUT2D eigenvalue weighted by molar-refractivity contribution is -0.124. The number of amides is 1. The topological polar surface area (TPSA) is 103 Å². The lowest BCUT2D eigenvalue weighted by Crippen LogP contribution is -2.22. The number of nitrogens with zero attached hydrogens (tertiary/aromatic N) is 4. The fourth-order valence-corrected chi connectivity index (χ4v) is 2.83. The maximum absolute atomic E-state index is 12.4. The quantitative estimate of drug-likeness (QED) is 0.410. The summed E-state index contributed by atoms with van der Waals surface area (Å²) in [7, 11) is 3.20. The van der Waals surface area contributed by atoms with Crippen molar-refractivity contribution in [2.75, 3.05) is 14.1 Å². The van der Waals surface area contributed by atoms with Gasteiger partial charge in [-0.15, -0.1) is 0 Å². The zero-order valence-corrected chi connectivity index (χ0v) is 16.7. The van der Waals surface area contributed by atoms with E-state index >= 15 is 0 Å². The Morgan fingerprint density at radius 1 is 1.21 bits per heavy atom. The molecule has 29 heavy (non-hydrogen) atoms. The first-order valence-electron chi connectivity index (χ1n) is 9.14. The molecule has 0 saturated carbocycles. The molecule has 0 fully saturated rings. The molecular weight excluding hydrogens is 366 g/mol. The number of rotatable bonds is 5. The Kier molecular flexibility index (Phi) is 5.55. The van der Waals surface area contributed by atoms with Crippen LogP contribution in [0.15, 0.2) is 42.2 Å². The Hall–Kier alpha value is -3.79. The van der Waals surface area contributed by atoms with Gasteiger partial charge in [-0.25, -0.2) is 9.97 Å². The fraction of sp³-hybridized carbons (Fsp3) is 0.227. The number of nitriles is 1. The van der Waals surface area contributed by atoms with E-state index in [1.807, 2.05) is 32.0 Å². The standard InChI is InChI=1S/C22H21N5O2/c1-13(2)20(28)17-11-24-21-19(17)26-18(12-25-21)15-7-5-14(6-8-15)9-16(10-23)22(29)27(3)4/h5-9,11-13H,1-4H3,(H,24,25). The lowest BCUT2D eigenvalue weighted by atomic mass is 10.0. The third-order valence-electron chi connectivity index (χ3n) is 4.45. The summed E-state index contributed by atoms with van der Waals surface area (Å²) in [5, 5.41) is 9.21. The van der Waals surface area contributed by atoms with Crippen LogP contribution in [0, 0.1) is 17.2 Å². The molecule has 0 aliphatic heterocycles. The molecular formula is C22H21N5O2. The molecule has 0 atom stereocenters. The number of hydrogen-bond donors (Lipinski definition) is 1. The monoisotopic (exact) mass is 387 g/mol. The third-order valence-corrected chi connectivity index (χ3v) is 4.45. The second-order valence-electron chi connectivity index (χ2n) is 7.17. The first-order valence-corrected chi connectivity index (χ1v) is 9.14. The predicted octanol–water partition coefficient (Wildman–Crippen LogP) is 3.46. The van der Waals surface area contributed by atoms with Crippen molar-refractivity contribution in [3.8, 4) is 17.3 Å². The minimum atomic E-state index is -0.345. The number of carbonyl (C=O) groups is 2. The van der Waals surface area contributed by atoms with E-state index in [0.29, 0.717) is 22.4 Å². The number of carbonyl (C=O) groups excluding carboxylic acids is 2. The Labute approximate surface area is 168 Å². The van der Waals surface area contributed by atoms with Gasteiger partial charge in [-0.1, -0.05) is 38.1 Å². The van der Waals surface area contributed by atoms with Crippen molar-refractivity contribution in [3.05, 3.63) is 53.4 Å². The van der Waals surface area contributed by atoms with E-state index < -0.39 is 0 Å². The molecule has 2 heterocycles. The summed E-state index contributed by atoms with van der Waals surface area (Å²) in [5.74, 6) is -0.467. The molecule has 2 aromatic heterocycles. The van der Waals surface area contributed by atoms with Crippen LogP contribution in [-0.4, -0.2) is 45.6 Å². The number of likely N-dealkylation sites (N-methyl/N-ethyl adjacent to an activating group) is 1. The van der Waals surface area contributed by atoms with Crippen molar-refractivity contribution in [2.24, 2.45) is 5.92 Å². The van der Waals surface area contributed by atoms with Gasteiger partial charge in [0.15, 0.2) is 11.4 Å². The molecule has 0 aliphatic rings. The predicted molar refractivity (Wildman–Crippen MR) is 111 cm³/mol. The highest BCUT2D eigenvalue weighted by Gasteiger charge is 2.18. The molecule has 0 saturated heterocycles. The van der Waals surface area contributed by atoms with E-state index in [4.69, 9.17) is 0 Å². The molecule has 7 nitrogen and oxygen atoms in total. The lowest BCUT2D eigenvalue weighted by Gasteiger charge is -2.08. The molecule has 0 aliphatic carbocycles. The number of hydrogen-bond acceptors (Lipinski definition) is 5. The van der Waals surface area contributed by atoms with Crippen molar-refractivity contribution >= 4 is 28.9 Å². The number of ketones is 1. The summed E-state index contributed by atoms with van der Waals surface area (Å²) in [5.41, 5.74) is 3.89. The van der Waals surface area contributed by atoms with Crippen LogP contribution in [-0.2, 0) is 4.79 Å². The van der Waals surface area contributed by atoms with Gasteiger partial charge in [0.05, 0.1) is 17.5 Å².